The number of benzene rings is 6. The number of hydrogen-bond donors (Lipinski definition) is 0. The SMILES string of the molecule is Cc1cc(C)cc(COc2c(OCc3cc(C(F)(F)F)cc(C(F)(F)F)c3)c(OCc3cc(C)cc(C(F)(F)F)c3)c(C)c(OCc3cc(C)cc(C(F)(F)F)c3)c2OCc2cc(C(F)(F)F)cc(C(F)(F)F)c2)c1. The summed E-state index contributed by atoms with van der Waals surface area (Å²) in [6, 6.07) is 11.1. The van der Waals surface area contributed by atoms with Crippen molar-refractivity contribution in [1.82, 2.24) is 0 Å². The predicted octanol–water partition coefficient (Wildman–Crippen LogP) is 17.2. The molecule has 0 aliphatic carbocycles. The van der Waals surface area contributed by atoms with Gasteiger partial charge in [-0.1, -0.05) is 52.6 Å². The van der Waals surface area contributed by atoms with Crippen LogP contribution in [-0.4, -0.2) is 0 Å². The lowest BCUT2D eigenvalue weighted by Gasteiger charge is -2.26. The van der Waals surface area contributed by atoms with Crippen LogP contribution in [0, 0.1) is 34.6 Å². The van der Waals surface area contributed by atoms with Crippen molar-refractivity contribution < 1.29 is 103 Å². The maximum atomic E-state index is 14.1. The molecular weight excluding hydrogens is 1050 g/mol. The van der Waals surface area contributed by atoms with Gasteiger partial charge in [-0.05, 0) is 123 Å². The van der Waals surface area contributed by atoms with Gasteiger partial charge in [-0.2, -0.15) is 79.0 Å². The minimum atomic E-state index is -5.36. The van der Waals surface area contributed by atoms with Crippen LogP contribution in [0.1, 0.15) is 89.0 Å². The molecule has 5 nitrogen and oxygen atoms in total. The quantitative estimate of drug-likeness (QED) is 0.0959. The third-order valence-electron chi connectivity index (χ3n) is 10.9. The summed E-state index contributed by atoms with van der Waals surface area (Å²) < 4.78 is 283. The Kier molecular flexibility index (Phi) is 16.3. The molecule has 404 valence electrons. The topological polar surface area (TPSA) is 46.2 Å². The maximum absolute atomic E-state index is 14.1. The summed E-state index contributed by atoms with van der Waals surface area (Å²) in [7, 11) is 0. The van der Waals surface area contributed by atoms with E-state index in [9.17, 15) is 79.0 Å². The van der Waals surface area contributed by atoms with E-state index in [1.807, 2.05) is 0 Å². The molecule has 0 unspecified atom stereocenters. The van der Waals surface area contributed by atoms with E-state index < -0.39 is 149 Å². The molecule has 23 heteroatoms. The lowest BCUT2D eigenvalue weighted by molar-refractivity contribution is -0.144. The molecule has 0 atom stereocenters. The average molecular weight is 1090 g/mol. The molecule has 0 bridgehead atoms. The maximum Gasteiger partial charge on any atom is 0.416 e. The van der Waals surface area contributed by atoms with E-state index in [4.69, 9.17) is 23.7 Å². The fourth-order valence-corrected chi connectivity index (χ4v) is 7.85. The molecule has 6 aromatic rings. The van der Waals surface area contributed by atoms with Crippen molar-refractivity contribution in [3.63, 3.8) is 0 Å². The number of ether oxygens (including phenoxy) is 5. The highest BCUT2D eigenvalue weighted by Gasteiger charge is 2.40. The summed E-state index contributed by atoms with van der Waals surface area (Å²) in [5.41, 5.74) is -10.1. The van der Waals surface area contributed by atoms with Crippen molar-refractivity contribution in [2.45, 2.75) is 105 Å². The zero-order valence-corrected chi connectivity index (χ0v) is 39.5. The van der Waals surface area contributed by atoms with Gasteiger partial charge in [0, 0.05) is 5.56 Å². The Hall–Kier alpha value is -6.94. The Morgan fingerprint density at radius 2 is 0.427 bits per heavy atom. The first-order valence-corrected chi connectivity index (χ1v) is 21.8. The Balaban J connectivity index is 1.65. The van der Waals surface area contributed by atoms with E-state index in [1.165, 1.54) is 26.0 Å². The van der Waals surface area contributed by atoms with Crippen LogP contribution in [0.25, 0.3) is 0 Å². The lowest BCUT2D eigenvalue weighted by atomic mass is 10.0. The minimum Gasteiger partial charge on any atom is -0.484 e. The average Bonchev–Trinajstić information content (AvgIpc) is 3.26. The zero-order valence-electron chi connectivity index (χ0n) is 39.5. The first kappa shape index (κ1) is 57.3. The van der Waals surface area contributed by atoms with Gasteiger partial charge in [0.25, 0.3) is 0 Å². The summed E-state index contributed by atoms with van der Waals surface area (Å²) in [4.78, 5) is 0. The molecule has 0 saturated heterocycles. The summed E-state index contributed by atoms with van der Waals surface area (Å²) >= 11 is 0. The van der Waals surface area contributed by atoms with Gasteiger partial charge < -0.3 is 23.7 Å². The van der Waals surface area contributed by atoms with Gasteiger partial charge in [-0.15, -0.1) is 0 Å². The van der Waals surface area contributed by atoms with E-state index in [-0.39, 0.29) is 34.4 Å². The molecule has 0 saturated carbocycles. The second kappa shape index (κ2) is 21.4. The van der Waals surface area contributed by atoms with E-state index >= 15 is 0 Å². The van der Waals surface area contributed by atoms with Crippen molar-refractivity contribution in [2.75, 3.05) is 0 Å². The summed E-state index contributed by atoms with van der Waals surface area (Å²) in [5, 5.41) is 0. The van der Waals surface area contributed by atoms with E-state index in [0.29, 0.717) is 53.1 Å². The third kappa shape index (κ3) is 14.9. The van der Waals surface area contributed by atoms with E-state index in [0.717, 1.165) is 19.1 Å². The summed E-state index contributed by atoms with van der Waals surface area (Å²) in [6.07, 6.45) is -31.3. The molecule has 0 aromatic heterocycles. The predicted molar refractivity (Wildman–Crippen MR) is 234 cm³/mol. The molecule has 0 heterocycles. The number of aryl methyl sites for hydroxylation is 4. The van der Waals surface area contributed by atoms with Gasteiger partial charge in [0.05, 0.1) is 33.4 Å². The van der Waals surface area contributed by atoms with Crippen LogP contribution < -0.4 is 23.7 Å². The minimum absolute atomic E-state index is 0.0616. The van der Waals surface area contributed by atoms with Gasteiger partial charge in [-0.3, -0.25) is 0 Å². The monoisotopic (exact) mass is 1090 g/mol. The third-order valence-corrected chi connectivity index (χ3v) is 10.9. The molecule has 6 rings (SSSR count). The molecule has 0 aliphatic rings. The largest absolute Gasteiger partial charge is 0.484 e. The number of halogens is 18. The highest BCUT2D eigenvalue weighted by molar-refractivity contribution is 5.70. The van der Waals surface area contributed by atoms with Crippen molar-refractivity contribution >= 4 is 0 Å². The van der Waals surface area contributed by atoms with Gasteiger partial charge in [0.15, 0.2) is 11.5 Å². The molecular formula is C52H40F18O5. The fourth-order valence-electron chi connectivity index (χ4n) is 7.85. The van der Waals surface area contributed by atoms with Crippen LogP contribution in [0.4, 0.5) is 79.0 Å². The molecule has 0 spiro atoms. The van der Waals surface area contributed by atoms with Gasteiger partial charge in [0.2, 0.25) is 17.2 Å². The van der Waals surface area contributed by atoms with Crippen LogP contribution in [-0.2, 0) is 70.1 Å². The summed E-state index contributed by atoms with van der Waals surface area (Å²) in [5.74, 6) is -3.74. The smallest absolute Gasteiger partial charge is 0.416 e. The number of hydrogen-bond acceptors (Lipinski definition) is 5. The zero-order chi connectivity index (χ0) is 55.8. The molecule has 6 aromatic carbocycles. The molecule has 0 radical (unpaired) electrons. The van der Waals surface area contributed by atoms with Crippen LogP contribution >= 0.6 is 0 Å². The van der Waals surface area contributed by atoms with Crippen molar-refractivity contribution in [1.29, 1.82) is 0 Å². The molecule has 0 N–H and O–H groups in total. The normalized spacial score (nSPS) is 12.7. The van der Waals surface area contributed by atoms with Gasteiger partial charge in [-0.25, -0.2) is 0 Å². The van der Waals surface area contributed by atoms with Crippen LogP contribution in [0.2, 0.25) is 0 Å². The molecule has 0 fully saturated rings. The molecule has 0 amide bonds. The second-order valence-electron chi connectivity index (χ2n) is 17.4. The Labute approximate surface area is 415 Å². The van der Waals surface area contributed by atoms with Crippen molar-refractivity contribution in [2.24, 2.45) is 0 Å². The van der Waals surface area contributed by atoms with Gasteiger partial charge >= 0.3 is 37.1 Å². The first-order chi connectivity index (χ1) is 34.4. The summed E-state index contributed by atoms with van der Waals surface area (Å²) in [6.45, 7) is 2.33. The molecule has 75 heavy (non-hydrogen) atoms. The van der Waals surface area contributed by atoms with Crippen LogP contribution in [0.15, 0.2) is 91.0 Å². The van der Waals surface area contributed by atoms with E-state index in [1.54, 1.807) is 32.0 Å². The highest BCUT2D eigenvalue weighted by atomic mass is 19.4. The highest BCUT2D eigenvalue weighted by Crippen LogP contribution is 2.55. The Morgan fingerprint density at radius 3 is 0.680 bits per heavy atom. The Morgan fingerprint density at radius 1 is 0.240 bits per heavy atom. The first-order valence-electron chi connectivity index (χ1n) is 21.8. The van der Waals surface area contributed by atoms with Crippen molar-refractivity contribution in [3.05, 3.63) is 180 Å². The number of alkyl halides is 18. The molecule has 0 aliphatic heterocycles. The fraction of sp³-hybridized carbons (Fsp3) is 0.308. The van der Waals surface area contributed by atoms with Crippen LogP contribution in [0.3, 0.4) is 0 Å². The van der Waals surface area contributed by atoms with Crippen LogP contribution in [0.5, 0.6) is 28.7 Å². The van der Waals surface area contributed by atoms with E-state index in [2.05, 4.69) is 0 Å². The number of rotatable bonds is 15. The second-order valence-corrected chi connectivity index (χ2v) is 17.4. The van der Waals surface area contributed by atoms with Crippen molar-refractivity contribution in [3.8, 4) is 28.7 Å². The van der Waals surface area contributed by atoms with Gasteiger partial charge in [0.1, 0.15) is 33.0 Å². The standard InChI is InChI=1S/C52H40F18O5/c1-26-6-27(2)8-31(7-26)21-75-46-44(73-24-34-15-38(49(59,60)61)19-39(16-34)50(62,63)64)42(71-22-32-9-28(3)11-36(13-32)47(53,54)55)30(5)43(72-23-33-10-29(4)12-37(14-33)48(56,57)58)45(46)74-25-35-17-40(51(65,66)67)20-41(18-35)52(68,69)70/h6-20H,21-25H2,1-5H3. The Bertz CT molecular complexity index is 2780. The lowest BCUT2D eigenvalue weighted by Crippen LogP contribution is -2.14.